The second kappa shape index (κ2) is 6.63. The Bertz CT molecular complexity index is 1520. The number of fused-ring (bicyclic) bond motifs is 2. The molecule has 2 atom stereocenters. The number of anilines is 2. The molecular formula is C25H27N7O2. The predicted octanol–water partition coefficient (Wildman–Crippen LogP) is 3.17. The molecule has 0 spiro atoms. The largest absolute Gasteiger partial charge is 0.390 e. The molecule has 3 heterocycles. The molecule has 0 amide bonds. The molecular weight excluding hydrogens is 430 g/mol. The Morgan fingerprint density at radius 2 is 1.97 bits per heavy atom. The van der Waals surface area contributed by atoms with Crippen LogP contribution in [0, 0.1) is 18.8 Å². The summed E-state index contributed by atoms with van der Waals surface area (Å²) < 4.78 is 3.53. The molecule has 0 aliphatic heterocycles. The molecule has 1 aromatic carbocycles. The lowest BCUT2D eigenvalue weighted by atomic mass is 9.51. The molecule has 4 aromatic rings. The summed E-state index contributed by atoms with van der Waals surface area (Å²) in [5.74, 6) is 1.38. The number of aryl methyl sites for hydroxylation is 2. The Hall–Kier alpha value is -3.33. The molecule has 2 N–H and O–H groups in total. The van der Waals surface area contributed by atoms with Gasteiger partial charge in [0.05, 0.1) is 29.1 Å². The third kappa shape index (κ3) is 2.79. The number of nitrogens with one attached hydrogen (secondary N) is 1. The van der Waals surface area contributed by atoms with Gasteiger partial charge in [-0.05, 0) is 81.0 Å². The predicted molar refractivity (Wildman–Crippen MR) is 128 cm³/mol. The van der Waals surface area contributed by atoms with Crippen molar-refractivity contribution in [3.63, 3.8) is 0 Å². The number of nitrogens with zero attached hydrogens (tertiary/aromatic N) is 6. The van der Waals surface area contributed by atoms with Crippen molar-refractivity contribution in [1.82, 2.24) is 29.3 Å². The third-order valence-electron chi connectivity index (χ3n) is 8.38. The zero-order valence-corrected chi connectivity index (χ0v) is 19.3. The Morgan fingerprint density at radius 3 is 2.74 bits per heavy atom. The summed E-state index contributed by atoms with van der Waals surface area (Å²) >= 11 is 0. The Kier molecular flexibility index (Phi) is 3.91. The molecule has 8 rings (SSSR count). The van der Waals surface area contributed by atoms with Crippen molar-refractivity contribution in [1.29, 1.82) is 0 Å². The highest BCUT2D eigenvalue weighted by molar-refractivity contribution is 5.84. The van der Waals surface area contributed by atoms with Crippen LogP contribution in [0.4, 0.5) is 11.6 Å². The van der Waals surface area contributed by atoms with E-state index >= 15 is 0 Å². The van der Waals surface area contributed by atoms with Gasteiger partial charge in [-0.3, -0.25) is 9.13 Å². The highest BCUT2D eigenvalue weighted by Gasteiger charge is 2.59. The van der Waals surface area contributed by atoms with Crippen LogP contribution in [0.25, 0.3) is 22.1 Å². The van der Waals surface area contributed by atoms with Crippen molar-refractivity contribution in [2.45, 2.75) is 56.6 Å². The minimum atomic E-state index is -0.662. The maximum atomic E-state index is 13.5. The zero-order chi connectivity index (χ0) is 23.2. The first kappa shape index (κ1) is 20.1. The molecule has 4 aliphatic carbocycles. The second-order valence-electron chi connectivity index (χ2n) is 10.9. The summed E-state index contributed by atoms with van der Waals surface area (Å²) in [5, 5.41) is 23.7. The van der Waals surface area contributed by atoms with Crippen molar-refractivity contribution >= 4 is 33.7 Å². The summed E-state index contributed by atoms with van der Waals surface area (Å²) in [6.07, 6.45) is 8.77. The van der Waals surface area contributed by atoms with Gasteiger partial charge in [0.15, 0.2) is 5.65 Å². The summed E-state index contributed by atoms with van der Waals surface area (Å²) in [5.41, 5.74) is 2.96. The van der Waals surface area contributed by atoms with Crippen molar-refractivity contribution in [2.75, 3.05) is 5.32 Å². The average Bonchev–Trinajstić information content (AvgIpc) is 3.03. The van der Waals surface area contributed by atoms with E-state index in [-0.39, 0.29) is 11.2 Å². The standard InChI is InChI=1S/C25H27N7O2/c1-14-5-19-17(3-4-27-30-19)7-18(14)28-22-26-12-20-21(29-22)32(23(33)31(20)2)24-8-15-6-16(9-24)11-25(34,10-15)13-24/h3-5,7,12,15-16,34H,6,8-11,13H2,1-2H3,(H,26,28,29). The Labute approximate surface area is 195 Å². The fourth-order valence-electron chi connectivity index (χ4n) is 7.42. The van der Waals surface area contributed by atoms with Crippen LogP contribution < -0.4 is 11.0 Å². The summed E-state index contributed by atoms with van der Waals surface area (Å²) in [6, 6.07) is 5.92. The van der Waals surface area contributed by atoms with E-state index in [0.29, 0.717) is 35.4 Å². The minimum absolute atomic E-state index is 0.0764. The van der Waals surface area contributed by atoms with Crippen LogP contribution in [-0.2, 0) is 12.6 Å². The van der Waals surface area contributed by atoms with Crippen LogP contribution >= 0.6 is 0 Å². The number of rotatable bonds is 3. The lowest BCUT2D eigenvalue weighted by molar-refractivity contribution is -0.156. The lowest BCUT2D eigenvalue weighted by Crippen LogP contribution is -2.61. The van der Waals surface area contributed by atoms with Gasteiger partial charge in [0, 0.05) is 18.1 Å². The highest BCUT2D eigenvalue weighted by atomic mass is 16.3. The molecule has 4 saturated carbocycles. The van der Waals surface area contributed by atoms with E-state index < -0.39 is 5.60 Å². The van der Waals surface area contributed by atoms with Crippen LogP contribution in [0.5, 0.6) is 0 Å². The van der Waals surface area contributed by atoms with E-state index in [4.69, 9.17) is 4.98 Å². The van der Waals surface area contributed by atoms with Gasteiger partial charge in [0.25, 0.3) is 0 Å². The second-order valence-corrected chi connectivity index (χ2v) is 10.9. The van der Waals surface area contributed by atoms with Gasteiger partial charge < -0.3 is 10.4 Å². The number of imidazole rings is 1. The highest BCUT2D eigenvalue weighted by Crippen LogP contribution is 2.60. The maximum Gasteiger partial charge on any atom is 0.330 e. The molecule has 9 heteroatoms. The average molecular weight is 458 g/mol. The molecule has 3 aromatic heterocycles. The smallest absolute Gasteiger partial charge is 0.330 e. The van der Waals surface area contributed by atoms with Gasteiger partial charge in [0.1, 0.15) is 5.52 Å². The van der Waals surface area contributed by atoms with Gasteiger partial charge in [-0.1, -0.05) is 0 Å². The van der Waals surface area contributed by atoms with Gasteiger partial charge in [-0.2, -0.15) is 15.2 Å². The van der Waals surface area contributed by atoms with Crippen LogP contribution in [0.1, 0.15) is 44.1 Å². The van der Waals surface area contributed by atoms with E-state index in [1.165, 1.54) is 0 Å². The fraction of sp³-hybridized carbons (Fsp3) is 0.480. The quantitative estimate of drug-likeness (QED) is 0.486. The summed E-state index contributed by atoms with van der Waals surface area (Å²) in [7, 11) is 1.78. The van der Waals surface area contributed by atoms with Crippen LogP contribution in [0.3, 0.4) is 0 Å². The molecule has 0 radical (unpaired) electrons. The van der Waals surface area contributed by atoms with Crippen molar-refractivity contribution in [3.8, 4) is 0 Å². The van der Waals surface area contributed by atoms with Crippen LogP contribution in [0.2, 0.25) is 0 Å². The first-order chi connectivity index (χ1) is 16.3. The first-order valence-corrected chi connectivity index (χ1v) is 12.0. The fourth-order valence-corrected chi connectivity index (χ4v) is 7.42. The van der Waals surface area contributed by atoms with Crippen LogP contribution in [0.15, 0.2) is 35.4 Å². The topological polar surface area (TPSA) is 111 Å². The lowest BCUT2D eigenvalue weighted by Gasteiger charge is -2.60. The maximum absolute atomic E-state index is 13.5. The SMILES string of the molecule is Cc1cc2nnccc2cc1Nc1ncc2c(n1)n(C13CC4CC(CC(O)(C4)C1)C3)c(=O)n2C. The normalized spacial score (nSPS) is 29.9. The Morgan fingerprint density at radius 1 is 1.18 bits per heavy atom. The first-order valence-electron chi connectivity index (χ1n) is 12.0. The molecule has 9 nitrogen and oxygen atoms in total. The van der Waals surface area contributed by atoms with Crippen molar-refractivity contribution in [2.24, 2.45) is 18.9 Å². The third-order valence-corrected chi connectivity index (χ3v) is 8.38. The number of benzene rings is 1. The number of aliphatic hydroxyl groups is 1. The van der Waals surface area contributed by atoms with E-state index in [0.717, 1.165) is 54.3 Å². The van der Waals surface area contributed by atoms with Gasteiger partial charge >= 0.3 is 5.69 Å². The van der Waals surface area contributed by atoms with Gasteiger partial charge in [0.2, 0.25) is 5.95 Å². The summed E-state index contributed by atoms with van der Waals surface area (Å²) in [4.78, 5) is 22.9. The molecule has 174 valence electrons. The molecule has 4 fully saturated rings. The number of hydrogen-bond donors (Lipinski definition) is 2. The van der Waals surface area contributed by atoms with Crippen molar-refractivity contribution < 1.29 is 5.11 Å². The van der Waals surface area contributed by atoms with E-state index in [2.05, 4.69) is 20.5 Å². The minimum Gasteiger partial charge on any atom is -0.390 e. The number of hydrogen-bond acceptors (Lipinski definition) is 7. The summed E-state index contributed by atoms with van der Waals surface area (Å²) in [6.45, 7) is 2.00. The molecule has 4 aliphatic rings. The van der Waals surface area contributed by atoms with Gasteiger partial charge in [-0.25, -0.2) is 9.78 Å². The molecule has 0 saturated heterocycles. The number of aromatic nitrogens is 6. The van der Waals surface area contributed by atoms with E-state index in [9.17, 15) is 9.90 Å². The molecule has 2 unspecified atom stereocenters. The van der Waals surface area contributed by atoms with E-state index in [1.54, 1.807) is 24.0 Å². The van der Waals surface area contributed by atoms with Crippen molar-refractivity contribution in [3.05, 3.63) is 46.6 Å². The zero-order valence-electron chi connectivity index (χ0n) is 19.3. The van der Waals surface area contributed by atoms with E-state index in [1.807, 2.05) is 29.7 Å². The monoisotopic (exact) mass is 457 g/mol. The Balaban J connectivity index is 1.35. The van der Waals surface area contributed by atoms with Gasteiger partial charge in [-0.15, -0.1) is 0 Å². The molecule has 34 heavy (non-hydrogen) atoms. The molecule has 4 bridgehead atoms. The van der Waals surface area contributed by atoms with Crippen LogP contribution in [-0.4, -0.2) is 40.0 Å².